The molecule has 0 aliphatic carbocycles. The first kappa shape index (κ1) is 30.5. The van der Waals surface area contributed by atoms with Crippen LogP contribution in [0.3, 0.4) is 0 Å². The molecule has 5 rings (SSSR count). The van der Waals surface area contributed by atoms with Crippen molar-refractivity contribution in [2.75, 3.05) is 36.3 Å². The number of amides is 1. The van der Waals surface area contributed by atoms with Crippen molar-refractivity contribution < 1.29 is 47.6 Å². The number of carbonyl (C=O) groups excluding carboxylic acids is 3. The number of hydrogen-bond donors (Lipinski definition) is 6. The number of aromatic amines is 1. The maximum absolute atomic E-state index is 13.0. The molecule has 4 heterocycles. The Morgan fingerprint density at radius 3 is 2.77 bits per heavy atom. The molecule has 2 saturated heterocycles. The Hall–Kier alpha value is -3.96. The van der Waals surface area contributed by atoms with Crippen molar-refractivity contribution in [1.29, 1.82) is 0 Å². The number of anilines is 3. The first-order valence-corrected chi connectivity index (χ1v) is 15.6. The van der Waals surface area contributed by atoms with Crippen LogP contribution in [0.2, 0.25) is 0 Å². The fraction of sp³-hybridized carbons (Fsp3) is 0.458. The number of hydrogen-bond acceptors (Lipinski definition) is 15. The summed E-state index contributed by atoms with van der Waals surface area (Å²) in [7, 11) is -0.939. The Balaban J connectivity index is 1.26. The first-order valence-electron chi connectivity index (χ1n) is 13.4. The van der Waals surface area contributed by atoms with Crippen LogP contribution < -0.4 is 26.8 Å². The number of benzene rings is 1. The number of rotatable bonds is 9. The molecule has 2 aromatic rings. The Morgan fingerprint density at radius 2 is 2.05 bits per heavy atom. The van der Waals surface area contributed by atoms with Gasteiger partial charge in [0.2, 0.25) is 0 Å². The summed E-state index contributed by atoms with van der Waals surface area (Å²) in [5, 5.41) is 15.0. The molecule has 232 valence electrons. The molecule has 3 aliphatic rings. The average molecular weight is 622 g/mol. The van der Waals surface area contributed by atoms with Gasteiger partial charge in [0.25, 0.3) is 0 Å². The number of carbonyl (C=O) groups is 3. The average Bonchev–Trinajstić information content (AvgIpc) is 3.52. The minimum absolute atomic E-state index is 0.0220. The van der Waals surface area contributed by atoms with Crippen molar-refractivity contribution in [1.82, 2.24) is 15.3 Å². The van der Waals surface area contributed by atoms with Crippen molar-refractivity contribution in [2.45, 2.75) is 49.8 Å². The van der Waals surface area contributed by atoms with Crippen LogP contribution in [0.1, 0.15) is 18.4 Å². The monoisotopic (exact) mass is 622 g/mol. The zero-order chi connectivity index (χ0) is 30.9. The molecule has 19 heteroatoms. The second-order valence-corrected chi connectivity index (χ2v) is 12.6. The van der Waals surface area contributed by atoms with E-state index < -0.39 is 61.8 Å². The van der Waals surface area contributed by atoms with E-state index in [0.29, 0.717) is 5.56 Å². The topological polar surface area (TPSA) is 237 Å². The number of fused-ring (bicyclic) bond motifs is 2. The molecule has 17 nitrogen and oxygen atoms in total. The van der Waals surface area contributed by atoms with E-state index in [1.165, 1.54) is 26.8 Å². The number of ether oxygens (including phenoxy) is 3. The van der Waals surface area contributed by atoms with E-state index >= 15 is 0 Å². The van der Waals surface area contributed by atoms with Crippen LogP contribution in [-0.4, -0.2) is 96.3 Å². The molecule has 7 N–H and O–H groups in total. The van der Waals surface area contributed by atoms with Gasteiger partial charge in [-0.25, -0.2) is 0 Å². The number of aromatic nitrogens is 2. The molecular weight excluding hydrogens is 590 g/mol. The van der Waals surface area contributed by atoms with E-state index in [1.807, 2.05) is 0 Å². The summed E-state index contributed by atoms with van der Waals surface area (Å²) in [5.74, 6) is -1.95. The SMILES string of the molecule is B[PH]1(O)OCC2OC(N3CNc4c3nc(N)[nH]c4=O)C(OC(=O)CCC(=O)NC(Cc3ccc(O)cc3)C(=O)OC)C2O1. The summed E-state index contributed by atoms with van der Waals surface area (Å²) in [5.41, 5.74) is 6.07. The molecule has 2 fully saturated rings. The molecule has 1 aromatic carbocycles. The fourth-order valence-corrected chi connectivity index (χ4v) is 6.41. The number of aromatic hydroxyl groups is 1. The van der Waals surface area contributed by atoms with E-state index in [1.54, 1.807) is 17.0 Å². The van der Waals surface area contributed by atoms with E-state index in [2.05, 4.69) is 20.6 Å². The van der Waals surface area contributed by atoms with Crippen molar-refractivity contribution in [3.05, 3.63) is 40.2 Å². The van der Waals surface area contributed by atoms with Crippen molar-refractivity contribution in [2.24, 2.45) is 0 Å². The normalized spacial score (nSPS) is 25.0. The quantitative estimate of drug-likeness (QED) is 0.101. The van der Waals surface area contributed by atoms with Crippen LogP contribution in [0.4, 0.5) is 17.5 Å². The van der Waals surface area contributed by atoms with Gasteiger partial charge in [-0.1, -0.05) is 12.1 Å². The van der Waals surface area contributed by atoms with Crippen LogP contribution in [0.5, 0.6) is 5.75 Å². The summed E-state index contributed by atoms with van der Waals surface area (Å²) in [6.07, 6.45) is -4.30. The summed E-state index contributed by atoms with van der Waals surface area (Å²) in [6, 6.07) is 5.09. The number of phenolic OH excluding ortho intramolecular Hbond substituents is 1. The molecule has 43 heavy (non-hydrogen) atoms. The Bertz CT molecular complexity index is 1440. The predicted octanol–water partition coefficient (Wildman–Crippen LogP) is -1.98. The summed E-state index contributed by atoms with van der Waals surface area (Å²) < 4.78 is 27.9. The van der Waals surface area contributed by atoms with E-state index in [9.17, 15) is 29.2 Å². The number of nitrogens with zero attached hydrogens (tertiary/aromatic N) is 2. The molecule has 0 spiro atoms. The predicted molar refractivity (Wildman–Crippen MR) is 154 cm³/mol. The minimum atomic E-state index is -3.55. The van der Waals surface area contributed by atoms with Gasteiger partial charge in [0.1, 0.15) is 5.75 Å². The molecule has 0 saturated carbocycles. The van der Waals surface area contributed by atoms with E-state index in [-0.39, 0.29) is 55.7 Å². The van der Waals surface area contributed by atoms with Gasteiger partial charge < -0.3 is 5.11 Å². The Morgan fingerprint density at radius 1 is 1.30 bits per heavy atom. The van der Waals surface area contributed by atoms with Crippen LogP contribution in [-0.2, 0) is 44.1 Å². The number of methoxy groups -OCH3 is 1. The Kier molecular flexibility index (Phi) is 8.75. The van der Waals surface area contributed by atoms with Gasteiger partial charge in [0.05, 0.1) is 7.11 Å². The second kappa shape index (κ2) is 12.3. The van der Waals surface area contributed by atoms with Gasteiger partial charge in [-0.2, -0.15) is 0 Å². The van der Waals surface area contributed by atoms with E-state index in [4.69, 9.17) is 29.0 Å². The molecule has 0 bridgehead atoms. The summed E-state index contributed by atoms with van der Waals surface area (Å²) >= 11 is 0. The number of esters is 2. The van der Waals surface area contributed by atoms with Gasteiger partial charge in [-0.15, -0.1) is 0 Å². The number of nitrogens with two attached hydrogens (primary N) is 1. The van der Waals surface area contributed by atoms with Crippen LogP contribution in [0.15, 0.2) is 29.1 Å². The van der Waals surface area contributed by atoms with E-state index in [0.717, 1.165) is 0 Å². The number of nitrogen functional groups attached to an aromatic ring is 1. The van der Waals surface area contributed by atoms with Crippen molar-refractivity contribution >= 4 is 50.7 Å². The third-order valence-corrected chi connectivity index (χ3v) is 8.51. The first-order chi connectivity index (χ1) is 20.4. The third kappa shape index (κ3) is 6.83. The van der Waals surface area contributed by atoms with Crippen molar-refractivity contribution in [3.8, 4) is 5.75 Å². The molecular formula is C24H32BN6O11P. The molecule has 5 unspecified atom stereocenters. The van der Waals surface area contributed by atoms with Crippen LogP contribution >= 0.6 is 7.82 Å². The Labute approximate surface area is 245 Å². The zero-order valence-corrected chi connectivity index (χ0v) is 24.3. The standard InChI is InChI=1S/C24H32BN6O11P/c1-38-23(36)13(8-11-2-4-12(32)5-3-11)28-15(33)6-7-16(34)41-19-18-14(9-39-43(25,37)42-18)40-22(19)31-10-27-17-20(31)29-24(26)30-21(17)35/h2-5,13-14,18-19,22,27,32,37,43H,6-10,25H2,1H3,(H,28,33)(H3,26,29,30,35). The number of nitrogens with one attached hydrogen (secondary N) is 3. The maximum atomic E-state index is 13.0. The van der Waals surface area contributed by atoms with Gasteiger partial charge in [0.15, 0.2) is 0 Å². The van der Waals surface area contributed by atoms with Crippen molar-refractivity contribution in [3.63, 3.8) is 0 Å². The number of phenols is 1. The van der Waals surface area contributed by atoms with Crippen LogP contribution in [0, 0.1) is 0 Å². The summed E-state index contributed by atoms with van der Waals surface area (Å²) in [6.45, 7) is 0.0475. The summed E-state index contributed by atoms with van der Waals surface area (Å²) in [4.78, 5) is 69.0. The van der Waals surface area contributed by atoms with Crippen LogP contribution in [0.25, 0.3) is 0 Å². The molecule has 0 radical (unpaired) electrons. The third-order valence-electron chi connectivity index (χ3n) is 7.10. The second-order valence-electron chi connectivity index (χ2n) is 10.3. The number of H-pyrrole nitrogens is 1. The van der Waals surface area contributed by atoms with Gasteiger partial charge in [-0.05, 0) is 12.1 Å². The molecule has 5 atom stereocenters. The zero-order valence-electron chi connectivity index (χ0n) is 23.3. The molecule has 1 aromatic heterocycles. The molecule has 1 amide bonds. The van der Waals surface area contributed by atoms with Gasteiger partial charge >= 0.3 is 203 Å². The molecule has 3 aliphatic heterocycles. The fourth-order valence-electron chi connectivity index (χ4n) is 5.08. The van der Waals surface area contributed by atoms with Gasteiger partial charge in [0, 0.05) is 0 Å². The van der Waals surface area contributed by atoms with Gasteiger partial charge in [-0.3, -0.25) is 0 Å².